The largest absolute Gasteiger partial charge is 0.481 e. The van der Waals surface area contributed by atoms with E-state index < -0.39 is 5.97 Å². The SMILES string of the molecule is Cn1c2c(c(=O)n(C)c1=O)Cc1cc(CC(=O)O)ccc1N2. The fourth-order valence-electron chi connectivity index (χ4n) is 2.75. The van der Waals surface area contributed by atoms with Crippen LogP contribution in [-0.2, 0) is 31.7 Å². The molecule has 0 spiro atoms. The van der Waals surface area contributed by atoms with Crippen LogP contribution in [0, 0.1) is 0 Å². The van der Waals surface area contributed by atoms with Crippen molar-refractivity contribution in [2.75, 3.05) is 5.32 Å². The molecule has 114 valence electrons. The number of carbonyl (C=O) groups is 1. The van der Waals surface area contributed by atoms with Gasteiger partial charge in [0.15, 0.2) is 0 Å². The minimum Gasteiger partial charge on any atom is -0.481 e. The monoisotopic (exact) mass is 301 g/mol. The minimum atomic E-state index is -0.901. The number of aromatic nitrogens is 2. The smallest absolute Gasteiger partial charge is 0.332 e. The Balaban J connectivity index is 2.12. The van der Waals surface area contributed by atoms with Crippen LogP contribution in [0.4, 0.5) is 11.5 Å². The number of hydrogen-bond acceptors (Lipinski definition) is 4. The summed E-state index contributed by atoms with van der Waals surface area (Å²) in [6.07, 6.45) is 0.303. The first-order valence-corrected chi connectivity index (χ1v) is 6.78. The lowest BCUT2D eigenvalue weighted by Gasteiger charge is -2.24. The highest BCUT2D eigenvalue weighted by molar-refractivity contribution is 5.73. The zero-order valence-electron chi connectivity index (χ0n) is 12.2. The Morgan fingerprint density at radius 3 is 2.68 bits per heavy atom. The Hall–Kier alpha value is -2.83. The van der Waals surface area contributed by atoms with Gasteiger partial charge < -0.3 is 10.4 Å². The second-order valence-electron chi connectivity index (χ2n) is 5.40. The highest BCUT2D eigenvalue weighted by atomic mass is 16.4. The van der Waals surface area contributed by atoms with Gasteiger partial charge in [0.1, 0.15) is 5.82 Å². The van der Waals surface area contributed by atoms with Crippen LogP contribution in [0.3, 0.4) is 0 Å². The molecule has 7 heteroatoms. The number of anilines is 2. The van der Waals surface area contributed by atoms with Gasteiger partial charge in [-0.25, -0.2) is 4.79 Å². The Morgan fingerprint density at radius 2 is 2.00 bits per heavy atom. The molecule has 0 atom stereocenters. The Bertz CT molecular complexity index is 908. The molecule has 0 amide bonds. The van der Waals surface area contributed by atoms with Crippen molar-refractivity contribution >= 4 is 17.5 Å². The Morgan fingerprint density at radius 1 is 1.27 bits per heavy atom. The first kappa shape index (κ1) is 14.1. The third kappa shape index (κ3) is 2.11. The first-order valence-electron chi connectivity index (χ1n) is 6.78. The van der Waals surface area contributed by atoms with Crippen molar-refractivity contribution in [2.45, 2.75) is 12.8 Å². The molecule has 0 aliphatic carbocycles. The van der Waals surface area contributed by atoms with Crippen LogP contribution in [-0.4, -0.2) is 20.2 Å². The van der Waals surface area contributed by atoms with Crippen LogP contribution >= 0.6 is 0 Å². The van der Waals surface area contributed by atoms with E-state index in [4.69, 9.17) is 5.11 Å². The van der Waals surface area contributed by atoms with E-state index in [1.165, 1.54) is 11.6 Å². The van der Waals surface area contributed by atoms with Gasteiger partial charge in [0, 0.05) is 26.2 Å². The van der Waals surface area contributed by atoms with E-state index >= 15 is 0 Å². The summed E-state index contributed by atoms with van der Waals surface area (Å²) in [4.78, 5) is 35.1. The second kappa shape index (κ2) is 4.87. The Kier molecular flexibility index (Phi) is 3.13. The highest BCUT2D eigenvalue weighted by Gasteiger charge is 2.22. The molecule has 2 aromatic rings. The van der Waals surface area contributed by atoms with E-state index in [9.17, 15) is 14.4 Å². The lowest BCUT2D eigenvalue weighted by Crippen LogP contribution is -2.41. The average Bonchev–Trinajstić information content (AvgIpc) is 2.49. The van der Waals surface area contributed by atoms with Crippen LogP contribution in [0.5, 0.6) is 0 Å². The minimum absolute atomic E-state index is 0.0641. The van der Waals surface area contributed by atoms with Gasteiger partial charge in [-0.15, -0.1) is 0 Å². The molecule has 0 saturated carbocycles. The van der Waals surface area contributed by atoms with E-state index in [0.717, 1.165) is 15.8 Å². The summed E-state index contributed by atoms with van der Waals surface area (Å²) < 4.78 is 2.48. The number of hydrogen-bond donors (Lipinski definition) is 2. The molecular weight excluding hydrogens is 286 g/mol. The predicted molar refractivity (Wildman–Crippen MR) is 80.8 cm³/mol. The van der Waals surface area contributed by atoms with Gasteiger partial charge in [-0.3, -0.25) is 18.7 Å². The molecular formula is C15H15N3O4. The van der Waals surface area contributed by atoms with E-state index in [2.05, 4.69) is 5.32 Å². The summed E-state index contributed by atoms with van der Waals surface area (Å²) >= 11 is 0. The number of aliphatic carboxylic acids is 1. The number of nitrogens with zero attached hydrogens (tertiary/aromatic N) is 2. The molecule has 1 aromatic carbocycles. The molecule has 7 nitrogen and oxygen atoms in total. The van der Waals surface area contributed by atoms with Gasteiger partial charge >= 0.3 is 11.7 Å². The predicted octanol–water partition coefficient (Wildman–Crippen LogP) is 0.359. The zero-order valence-corrected chi connectivity index (χ0v) is 12.2. The van der Waals surface area contributed by atoms with Crippen molar-refractivity contribution in [2.24, 2.45) is 14.1 Å². The first-order chi connectivity index (χ1) is 10.4. The molecule has 0 bridgehead atoms. The van der Waals surface area contributed by atoms with E-state index in [-0.39, 0.29) is 17.7 Å². The van der Waals surface area contributed by atoms with Crippen molar-refractivity contribution < 1.29 is 9.90 Å². The molecule has 0 radical (unpaired) electrons. The summed E-state index contributed by atoms with van der Waals surface area (Å²) in [5, 5.41) is 12.0. The van der Waals surface area contributed by atoms with Crippen molar-refractivity contribution in [3.63, 3.8) is 0 Å². The molecule has 2 N–H and O–H groups in total. The highest BCUT2D eigenvalue weighted by Crippen LogP contribution is 2.30. The number of fused-ring (bicyclic) bond motifs is 2. The van der Waals surface area contributed by atoms with Crippen LogP contribution in [0.2, 0.25) is 0 Å². The maximum atomic E-state index is 12.3. The number of carboxylic acid groups (broad SMARTS) is 1. The Labute approximate surface area is 125 Å². The summed E-state index contributed by atoms with van der Waals surface area (Å²) in [6, 6.07) is 5.28. The molecule has 0 unspecified atom stereocenters. The van der Waals surface area contributed by atoms with Gasteiger partial charge in [-0.2, -0.15) is 0 Å². The molecule has 2 heterocycles. The van der Waals surface area contributed by atoms with Gasteiger partial charge in [-0.05, 0) is 17.2 Å². The number of benzene rings is 1. The normalized spacial score (nSPS) is 12.3. The van der Waals surface area contributed by atoms with Crippen LogP contribution in [0.15, 0.2) is 27.8 Å². The van der Waals surface area contributed by atoms with Crippen molar-refractivity contribution in [1.29, 1.82) is 0 Å². The summed E-state index contributed by atoms with van der Waals surface area (Å²) in [5.74, 6) is -0.408. The van der Waals surface area contributed by atoms with Crippen molar-refractivity contribution in [3.8, 4) is 0 Å². The summed E-state index contributed by atoms with van der Waals surface area (Å²) in [6.45, 7) is 0. The zero-order chi connectivity index (χ0) is 16.0. The van der Waals surface area contributed by atoms with Crippen molar-refractivity contribution in [1.82, 2.24) is 9.13 Å². The standard InChI is InChI=1S/C15H15N3O4/c1-17-13-10(14(21)18(2)15(17)22)7-9-5-8(6-12(19)20)3-4-11(9)16-13/h3-5,16H,6-7H2,1-2H3,(H,19,20). The molecule has 22 heavy (non-hydrogen) atoms. The third-order valence-corrected chi connectivity index (χ3v) is 3.90. The third-order valence-electron chi connectivity index (χ3n) is 3.90. The topological polar surface area (TPSA) is 93.3 Å². The lowest BCUT2D eigenvalue weighted by molar-refractivity contribution is -0.136. The van der Waals surface area contributed by atoms with Gasteiger partial charge in [0.05, 0.1) is 12.0 Å². The van der Waals surface area contributed by atoms with Crippen LogP contribution in [0.1, 0.15) is 16.7 Å². The molecule has 3 rings (SSSR count). The van der Waals surface area contributed by atoms with Gasteiger partial charge in [-0.1, -0.05) is 12.1 Å². The molecule has 1 aliphatic heterocycles. The fraction of sp³-hybridized carbons (Fsp3) is 0.267. The average molecular weight is 301 g/mol. The van der Waals surface area contributed by atoms with Crippen LogP contribution < -0.4 is 16.6 Å². The molecule has 1 aromatic heterocycles. The van der Waals surface area contributed by atoms with Crippen LogP contribution in [0.25, 0.3) is 0 Å². The fourth-order valence-corrected chi connectivity index (χ4v) is 2.75. The number of nitrogens with one attached hydrogen (secondary N) is 1. The van der Waals surface area contributed by atoms with E-state index in [1.54, 1.807) is 25.2 Å². The second-order valence-corrected chi connectivity index (χ2v) is 5.40. The lowest BCUT2D eigenvalue weighted by atomic mass is 9.97. The number of carboxylic acids is 1. The molecule has 0 saturated heterocycles. The summed E-state index contributed by atoms with van der Waals surface area (Å²) in [5.41, 5.74) is 2.09. The maximum Gasteiger partial charge on any atom is 0.332 e. The van der Waals surface area contributed by atoms with E-state index in [0.29, 0.717) is 23.4 Å². The quantitative estimate of drug-likeness (QED) is 0.713. The molecule has 1 aliphatic rings. The van der Waals surface area contributed by atoms with Crippen molar-refractivity contribution in [3.05, 3.63) is 55.7 Å². The summed E-state index contributed by atoms with van der Waals surface area (Å²) in [7, 11) is 3.05. The van der Waals surface area contributed by atoms with E-state index in [1.807, 2.05) is 0 Å². The molecule has 0 fully saturated rings. The maximum absolute atomic E-state index is 12.3. The van der Waals surface area contributed by atoms with Gasteiger partial charge in [0.25, 0.3) is 5.56 Å². The number of rotatable bonds is 2. The van der Waals surface area contributed by atoms with Gasteiger partial charge in [0.2, 0.25) is 0 Å².